The fourth-order valence-corrected chi connectivity index (χ4v) is 3.39. The molecule has 2 heterocycles. The minimum absolute atomic E-state index is 0.0872. The molecule has 0 bridgehead atoms. The lowest BCUT2D eigenvalue weighted by molar-refractivity contribution is -0.141. The first-order chi connectivity index (χ1) is 8.91. The van der Waals surface area contributed by atoms with Gasteiger partial charge in [-0.2, -0.15) is 0 Å². The predicted octanol–water partition coefficient (Wildman–Crippen LogP) is 2.02. The zero-order chi connectivity index (χ0) is 14.2. The Bertz CT molecular complexity index is 372. The van der Waals surface area contributed by atoms with Crippen molar-refractivity contribution in [3.05, 3.63) is 0 Å². The molecule has 2 rings (SSSR count). The molecule has 0 saturated carbocycles. The predicted molar refractivity (Wildman–Crippen MR) is 71.9 cm³/mol. The molecule has 5 heteroatoms. The van der Waals surface area contributed by atoms with E-state index in [-0.39, 0.29) is 12.1 Å². The van der Waals surface area contributed by atoms with Gasteiger partial charge in [0.1, 0.15) is 6.04 Å². The summed E-state index contributed by atoms with van der Waals surface area (Å²) in [5.74, 6) is 0.0798. The number of nitrogens with zero attached hydrogens (tertiary/aromatic N) is 2. The third-order valence-corrected chi connectivity index (χ3v) is 4.63. The van der Waals surface area contributed by atoms with Crippen LogP contribution in [0.5, 0.6) is 0 Å². The quantitative estimate of drug-likeness (QED) is 0.791. The highest BCUT2D eigenvalue weighted by Gasteiger charge is 2.40. The molecule has 0 spiro atoms. The van der Waals surface area contributed by atoms with Gasteiger partial charge in [-0.25, -0.2) is 9.59 Å². The van der Waals surface area contributed by atoms with Crippen molar-refractivity contribution in [3.63, 3.8) is 0 Å². The molecule has 2 fully saturated rings. The molecule has 5 nitrogen and oxygen atoms in total. The summed E-state index contributed by atoms with van der Waals surface area (Å²) < 4.78 is 0. The number of carbonyl (C=O) groups is 2. The van der Waals surface area contributed by atoms with Crippen LogP contribution in [0.15, 0.2) is 0 Å². The first-order valence-electron chi connectivity index (χ1n) is 7.21. The number of carboxylic acid groups (broad SMARTS) is 1. The smallest absolute Gasteiger partial charge is 0.326 e. The number of likely N-dealkylation sites (tertiary alicyclic amines) is 2. The van der Waals surface area contributed by atoms with Gasteiger partial charge in [-0.15, -0.1) is 0 Å². The summed E-state index contributed by atoms with van der Waals surface area (Å²) >= 11 is 0. The lowest BCUT2D eigenvalue weighted by Gasteiger charge is -2.43. The van der Waals surface area contributed by atoms with Crippen molar-refractivity contribution < 1.29 is 14.7 Å². The second kappa shape index (κ2) is 5.39. The Morgan fingerprint density at radius 1 is 1.16 bits per heavy atom. The third kappa shape index (κ3) is 2.69. The average molecular weight is 268 g/mol. The second-order valence-electron chi connectivity index (χ2n) is 6.18. The van der Waals surface area contributed by atoms with E-state index < -0.39 is 12.0 Å². The fourth-order valence-electron chi connectivity index (χ4n) is 3.39. The normalized spacial score (nSPS) is 35.5. The van der Waals surface area contributed by atoms with Crippen LogP contribution in [0.2, 0.25) is 0 Å². The van der Waals surface area contributed by atoms with E-state index in [2.05, 4.69) is 20.8 Å². The summed E-state index contributed by atoms with van der Waals surface area (Å²) in [6, 6.07) is -0.526. The molecule has 0 aliphatic carbocycles. The van der Waals surface area contributed by atoms with E-state index in [1.807, 2.05) is 4.90 Å². The largest absolute Gasteiger partial charge is 0.480 e. The zero-order valence-electron chi connectivity index (χ0n) is 12.0. The van der Waals surface area contributed by atoms with Crippen molar-refractivity contribution >= 4 is 12.0 Å². The summed E-state index contributed by atoms with van der Waals surface area (Å²) in [7, 11) is 0. The number of carboxylic acids is 1. The molecule has 0 aromatic carbocycles. The Labute approximate surface area is 114 Å². The van der Waals surface area contributed by atoms with Gasteiger partial charge in [-0.3, -0.25) is 0 Å². The van der Waals surface area contributed by atoms with Crippen LogP contribution in [-0.2, 0) is 4.79 Å². The van der Waals surface area contributed by atoms with Crippen molar-refractivity contribution in [2.75, 3.05) is 13.1 Å². The van der Waals surface area contributed by atoms with Gasteiger partial charge in [0, 0.05) is 19.1 Å². The maximum atomic E-state index is 12.6. The van der Waals surface area contributed by atoms with Gasteiger partial charge in [0.25, 0.3) is 0 Å². The lowest BCUT2D eigenvalue weighted by Crippen LogP contribution is -2.55. The van der Waals surface area contributed by atoms with E-state index in [9.17, 15) is 14.7 Å². The fraction of sp³-hybridized carbons (Fsp3) is 0.857. The Balaban J connectivity index is 2.11. The van der Waals surface area contributed by atoms with Crippen molar-refractivity contribution in [3.8, 4) is 0 Å². The second-order valence-corrected chi connectivity index (χ2v) is 6.18. The Kier molecular flexibility index (Phi) is 4.02. The van der Waals surface area contributed by atoms with Crippen LogP contribution < -0.4 is 0 Å². The molecular weight excluding hydrogens is 244 g/mol. The number of urea groups is 1. The highest BCUT2D eigenvalue weighted by molar-refractivity contribution is 5.83. The number of carbonyl (C=O) groups excluding carboxylic acids is 1. The molecule has 0 aromatic heterocycles. The van der Waals surface area contributed by atoms with Crippen LogP contribution in [-0.4, -0.2) is 52.1 Å². The van der Waals surface area contributed by atoms with Gasteiger partial charge >= 0.3 is 12.0 Å². The van der Waals surface area contributed by atoms with E-state index in [1.54, 1.807) is 4.90 Å². The number of piperidine rings is 1. The number of amides is 2. The first-order valence-corrected chi connectivity index (χ1v) is 7.21. The minimum Gasteiger partial charge on any atom is -0.480 e. The SMILES string of the molecule is CC1CC(C)C(C)N(C(=O)N2CCC[C@@H]2C(=O)O)C1. The Morgan fingerprint density at radius 2 is 1.84 bits per heavy atom. The highest BCUT2D eigenvalue weighted by atomic mass is 16.4. The Morgan fingerprint density at radius 3 is 2.47 bits per heavy atom. The average Bonchev–Trinajstić information content (AvgIpc) is 2.82. The number of aliphatic carboxylic acids is 1. The summed E-state index contributed by atoms with van der Waals surface area (Å²) in [4.78, 5) is 27.2. The first kappa shape index (κ1) is 14.2. The summed E-state index contributed by atoms with van der Waals surface area (Å²) in [5.41, 5.74) is 0. The Hall–Kier alpha value is -1.26. The third-order valence-electron chi connectivity index (χ3n) is 4.63. The summed E-state index contributed by atoms with van der Waals surface area (Å²) in [5, 5.41) is 9.19. The van der Waals surface area contributed by atoms with Gasteiger partial charge < -0.3 is 14.9 Å². The van der Waals surface area contributed by atoms with Crippen molar-refractivity contribution in [2.24, 2.45) is 11.8 Å². The lowest BCUT2D eigenvalue weighted by atomic mass is 9.86. The standard InChI is InChI=1S/C14H24N2O3/c1-9-7-10(2)11(3)16(8-9)14(19)15-6-4-5-12(15)13(17)18/h9-12H,4-8H2,1-3H3,(H,17,18)/t9?,10?,11?,12-/m1/s1. The van der Waals surface area contributed by atoms with Crippen molar-refractivity contribution in [2.45, 2.75) is 52.1 Å². The van der Waals surface area contributed by atoms with Crippen LogP contribution >= 0.6 is 0 Å². The van der Waals surface area contributed by atoms with Gasteiger partial charge in [-0.1, -0.05) is 13.8 Å². The summed E-state index contributed by atoms with van der Waals surface area (Å²) in [6.07, 6.45) is 2.50. The highest BCUT2D eigenvalue weighted by Crippen LogP contribution is 2.29. The molecule has 0 aromatic rings. The van der Waals surface area contributed by atoms with Gasteiger partial charge in [0.2, 0.25) is 0 Å². The molecule has 19 heavy (non-hydrogen) atoms. The van der Waals surface area contributed by atoms with Crippen LogP contribution in [0.4, 0.5) is 4.79 Å². The maximum Gasteiger partial charge on any atom is 0.326 e. The van der Waals surface area contributed by atoms with Crippen LogP contribution in [0.1, 0.15) is 40.0 Å². The molecule has 2 aliphatic rings. The van der Waals surface area contributed by atoms with Gasteiger partial charge in [0.15, 0.2) is 0 Å². The van der Waals surface area contributed by atoms with Crippen molar-refractivity contribution in [1.29, 1.82) is 0 Å². The maximum absolute atomic E-state index is 12.6. The monoisotopic (exact) mass is 268 g/mol. The molecule has 2 amide bonds. The van der Waals surface area contributed by atoms with Crippen LogP contribution in [0.25, 0.3) is 0 Å². The molecular formula is C14H24N2O3. The van der Waals surface area contributed by atoms with Gasteiger partial charge in [0.05, 0.1) is 0 Å². The van der Waals surface area contributed by atoms with Gasteiger partial charge in [-0.05, 0) is 38.0 Å². The minimum atomic E-state index is -0.878. The number of hydrogen-bond acceptors (Lipinski definition) is 2. The van der Waals surface area contributed by atoms with Crippen LogP contribution in [0, 0.1) is 11.8 Å². The molecule has 4 atom stereocenters. The van der Waals surface area contributed by atoms with Crippen molar-refractivity contribution in [1.82, 2.24) is 9.80 Å². The number of hydrogen-bond donors (Lipinski definition) is 1. The number of rotatable bonds is 1. The molecule has 1 N–H and O–H groups in total. The van der Waals surface area contributed by atoms with Crippen LogP contribution in [0.3, 0.4) is 0 Å². The molecule has 2 saturated heterocycles. The zero-order valence-corrected chi connectivity index (χ0v) is 12.0. The topological polar surface area (TPSA) is 60.9 Å². The van der Waals surface area contributed by atoms with E-state index in [1.165, 1.54) is 0 Å². The van der Waals surface area contributed by atoms with E-state index in [0.717, 1.165) is 19.4 Å². The summed E-state index contributed by atoms with van der Waals surface area (Å²) in [6.45, 7) is 7.70. The van der Waals surface area contributed by atoms with E-state index >= 15 is 0 Å². The van der Waals surface area contributed by atoms with E-state index in [4.69, 9.17) is 0 Å². The molecule has 3 unspecified atom stereocenters. The van der Waals surface area contributed by atoms with E-state index in [0.29, 0.717) is 24.8 Å². The molecule has 108 valence electrons. The molecule has 0 radical (unpaired) electrons. The molecule has 2 aliphatic heterocycles.